The van der Waals surface area contributed by atoms with Gasteiger partial charge >= 0.3 is 0 Å². The normalized spacial score (nSPS) is 18.3. The fraction of sp³-hybridized carbons (Fsp3) is 0.130. The number of hydrogen-bond acceptors (Lipinski definition) is 2. The topological polar surface area (TPSA) is 58.2 Å². The number of anilines is 2. The van der Waals surface area contributed by atoms with Gasteiger partial charge in [-0.3, -0.25) is 9.59 Å². The van der Waals surface area contributed by atoms with E-state index in [1.807, 2.05) is 0 Å². The van der Waals surface area contributed by atoms with E-state index in [0.717, 1.165) is 12.1 Å². The van der Waals surface area contributed by atoms with Crippen molar-refractivity contribution in [1.82, 2.24) is 0 Å². The van der Waals surface area contributed by atoms with Crippen LogP contribution >= 0.6 is 58.0 Å². The minimum Gasteiger partial charge on any atom is -0.326 e. The van der Waals surface area contributed by atoms with Gasteiger partial charge in [0.25, 0.3) is 5.91 Å². The van der Waals surface area contributed by atoms with Crippen LogP contribution in [0.5, 0.6) is 0 Å². The molecule has 11 heteroatoms. The third-order valence-electron chi connectivity index (χ3n) is 5.30. The highest BCUT2D eigenvalue weighted by atomic mass is 35.5. The summed E-state index contributed by atoms with van der Waals surface area (Å²) in [6, 6.07) is 11.8. The average Bonchev–Trinajstić information content (AvgIpc) is 3.35. The molecule has 1 saturated carbocycles. The van der Waals surface area contributed by atoms with E-state index in [1.54, 1.807) is 18.2 Å². The molecule has 0 saturated heterocycles. The Balaban J connectivity index is 1.51. The van der Waals surface area contributed by atoms with E-state index in [-0.39, 0.29) is 22.0 Å². The zero-order valence-electron chi connectivity index (χ0n) is 16.8. The molecule has 2 amide bonds. The van der Waals surface area contributed by atoms with E-state index in [0.29, 0.717) is 21.7 Å². The smallest absolute Gasteiger partial charge is 0.257 e. The molecule has 4 rings (SSSR count). The van der Waals surface area contributed by atoms with Gasteiger partial charge in [0.1, 0.15) is 16.0 Å². The lowest BCUT2D eigenvalue weighted by molar-refractivity contribution is -0.117. The Bertz CT molecular complexity index is 1320. The number of carbonyl (C=O) groups excluding carboxylic acids is 2. The van der Waals surface area contributed by atoms with Crippen LogP contribution in [0.2, 0.25) is 15.1 Å². The van der Waals surface area contributed by atoms with Gasteiger partial charge in [-0.1, -0.05) is 40.9 Å². The maximum atomic E-state index is 13.9. The lowest BCUT2D eigenvalue weighted by Gasteiger charge is -2.11. The van der Waals surface area contributed by atoms with Crippen molar-refractivity contribution < 1.29 is 18.4 Å². The van der Waals surface area contributed by atoms with Gasteiger partial charge in [-0.25, -0.2) is 8.78 Å². The molecule has 34 heavy (non-hydrogen) atoms. The zero-order chi connectivity index (χ0) is 24.8. The molecule has 0 spiro atoms. The van der Waals surface area contributed by atoms with E-state index in [1.165, 1.54) is 18.2 Å². The van der Waals surface area contributed by atoms with Gasteiger partial charge in [0, 0.05) is 17.7 Å². The first-order chi connectivity index (χ1) is 16.0. The van der Waals surface area contributed by atoms with Crippen molar-refractivity contribution in [1.29, 1.82) is 0 Å². The highest BCUT2D eigenvalue weighted by molar-refractivity contribution is 6.53. The van der Waals surface area contributed by atoms with Gasteiger partial charge in [0.2, 0.25) is 5.91 Å². The highest BCUT2D eigenvalue weighted by Gasteiger charge is 2.67. The second kappa shape index (κ2) is 9.51. The highest BCUT2D eigenvalue weighted by Crippen LogP contribution is 2.65. The zero-order valence-corrected chi connectivity index (χ0v) is 20.6. The van der Waals surface area contributed by atoms with Gasteiger partial charge in [-0.05, 0) is 48.0 Å². The number of benzene rings is 3. The summed E-state index contributed by atoms with van der Waals surface area (Å²) in [4.78, 5) is 25.5. The summed E-state index contributed by atoms with van der Waals surface area (Å²) in [7, 11) is 0. The molecule has 4 nitrogen and oxygen atoms in total. The SMILES string of the molecule is O=C(Nc1ccc(F)cc1F)c1cc(NC(=O)C2[C@H](c3ccc(Cl)c(Cl)c3)C2(Cl)Cl)ccc1Cl. The van der Waals surface area contributed by atoms with Gasteiger partial charge in [0.05, 0.1) is 32.2 Å². The summed E-state index contributed by atoms with van der Waals surface area (Å²) in [5.74, 6) is -4.30. The molecule has 0 heterocycles. The van der Waals surface area contributed by atoms with E-state index >= 15 is 0 Å². The Kier molecular flexibility index (Phi) is 7.00. The summed E-state index contributed by atoms with van der Waals surface area (Å²) in [6.45, 7) is 0. The number of alkyl halides is 2. The van der Waals surface area contributed by atoms with E-state index in [2.05, 4.69) is 10.6 Å². The molecule has 0 aromatic heterocycles. The summed E-state index contributed by atoms with van der Waals surface area (Å²) >= 11 is 30.9. The first kappa shape index (κ1) is 25.0. The van der Waals surface area contributed by atoms with Crippen LogP contribution in [0.3, 0.4) is 0 Å². The fourth-order valence-corrected chi connectivity index (χ4v) is 4.89. The van der Waals surface area contributed by atoms with Gasteiger partial charge in [-0.15, -0.1) is 23.2 Å². The molecule has 0 aliphatic heterocycles. The lowest BCUT2D eigenvalue weighted by Crippen LogP contribution is -2.18. The van der Waals surface area contributed by atoms with E-state index < -0.39 is 39.6 Å². The predicted octanol–water partition coefficient (Wildman–Crippen LogP) is 7.70. The molecule has 3 aromatic carbocycles. The van der Waals surface area contributed by atoms with Crippen LogP contribution in [0.25, 0.3) is 0 Å². The molecule has 1 fully saturated rings. The molecule has 2 N–H and O–H groups in total. The largest absolute Gasteiger partial charge is 0.326 e. The van der Waals surface area contributed by atoms with Gasteiger partial charge in [-0.2, -0.15) is 0 Å². The summed E-state index contributed by atoms with van der Waals surface area (Å²) in [6.07, 6.45) is 0. The minimum absolute atomic E-state index is 0.0389. The second-order valence-electron chi connectivity index (χ2n) is 7.57. The third-order valence-corrected chi connectivity index (χ3v) is 7.31. The van der Waals surface area contributed by atoms with Crippen LogP contribution in [-0.2, 0) is 4.79 Å². The number of halogens is 7. The molecule has 3 aromatic rings. The third kappa shape index (κ3) is 4.97. The Morgan fingerprint density at radius 3 is 2.21 bits per heavy atom. The van der Waals surface area contributed by atoms with Crippen molar-refractivity contribution in [3.05, 3.63) is 92.4 Å². The molecule has 0 radical (unpaired) electrons. The molecule has 1 aliphatic carbocycles. The quantitative estimate of drug-likeness (QED) is 0.312. The summed E-state index contributed by atoms with van der Waals surface area (Å²) in [5.41, 5.74) is 0.622. The summed E-state index contributed by atoms with van der Waals surface area (Å²) < 4.78 is 25.6. The Morgan fingerprint density at radius 1 is 0.824 bits per heavy atom. The van der Waals surface area contributed by atoms with Crippen LogP contribution in [0.4, 0.5) is 20.2 Å². The van der Waals surface area contributed by atoms with Crippen molar-refractivity contribution in [3.8, 4) is 0 Å². The number of amides is 2. The molecule has 1 unspecified atom stereocenters. The Morgan fingerprint density at radius 2 is 1.53 bits per heavy atom. The average molecular weight is 565 g/mol. The lowest BCUT2D eigenvalue weighted by atomic mass is 10.1. The van der Waals surface area contributed by atoms with Crippen molar-refractivity contribution >= 4 is 81.2 Å². The van der Waals surface area contributed by atoms with Crippen LogP contribution in [0.15, 0.2) is 54.6 Å². The molecular weight excluding hydrogens is 552 g/mol. The maximum absolute atomic E-state index is 13.9. The van der Waals surface area contributed by atoms with Crippen LogP contribution in [0, 0.1) is 17.6 Å². The Labute approximate surface area is 218 Å². The number of nitrogens with one attached hydrogen (secondary N) is 2. The monoisotopic (exact) mass is 562 g/mol. The maximum Gasteiger partial charge on any atom is 0.257 e. The first-order valence-corrected chi connectivity index (χ1v) is 11.6. The molecular formula is C23H13Cl5F2N2O2. The van der Waals surface area contributed by atoms with Crippen molar-refractivity contribution in [2.45, 2.75) is 10.3 Å². The molecule has 1 aliphatic rings. The first-order valence-electron chi connectivity index (χ1n) is 9.68. The minimum atomic E-state index is -1.37. The van der Waals surface area contributed by atoms with E-state index in [9.17, 15) is 18.4 Å². The standard InChI is InChI=1S/C23H13Cl5F2N2O2/c24-14-5-3-12(9-13(14)21(33)32-18-6-2-11(29)8-17(18)30)31-22(34)20-19(23(20,27)28)10-1-4-15(25)16(26)7-10/h1-9,19-20H,(H,31,34)(H,32,33)/t19-,20?/m0/s1. The number of carbonyl (C=O) groups is 2. The summed E-state index contributed by atoms with van der Waals surface area (Å²) in [5, 5.41) is 5.70. The predicted molar refractivity (Wildman–Crippen MR) is 132 cm³/mol. The van der Waals surface area contributed by atoms with Crippen molar-refractivity contribution in [3.63, 3.8) is 0 Å². The Hall–Kier alpha value is -2.09. The molecule has 2 atom stereocenters. The molecule has 176 valence electrons. The van der Waals surface area contributed by atoms with E-state index in [4.69, 9.17) is 58.0 Å². The van der Waals surface area contributed by atoms with Crippen LogP contribution < -0.4 is 10.6 Å². The molecule has 0 bridgehead atoms. The number of hydrogen-bond donors (Lipinski definition) is 2. The number of rotatable bonds is 5. The van der Waals surface area contributed by atoms with Gasteiger partial charge < -0.3 is 10.6 Å². The van der Waals surface area contributed by atoms with Crippen LogP contribution in [0.1, 0.15) is 21.8 Å². The second-order valence-corrected chi connectivity index (χ2v) is 10.2. The van der Waals surface area contributed by atoms with Crippen molar-refractivity contribution in [2.75, 3.05) is 10.6 Å². The van der Waals surface area contributed by atoms with Crippen molar-refractivity contribution in [2.24, 2.45) is 5.92 Å². The van der Waals surface area contributed by atoms with Crippen LogP contribution in [-0.4, -0.2) is 16.1 Å². The fourth-order valence-electron chi connectivity index (χ4n) is 3.55. The van der Waals surface area contributed by atoms with Gasteiger partial charge in [0.15, 0.2) is 0 Å².